The molecule has 0 N–H and O–H groups in total. The lowest BCUT2D eigenvalue weighted by atomic mass is 10.5. The van der Waals surface area contributed by atoms with Crippen LogP contribution in [-0.2, 0) is 9.53 Å². The Kier molecular flexibility index (Phi) is 4.67. The van der Waals surface area contributed by atoms with Crippen molar-refractivity contribution < 1.29 is 13.9 Å². The number of hydrogen-bond acceptors (Lipinski definition) is 2. The first-order valence-electron chi connectivity index (χ1n) is 2.63. The first-order valence-corrected chi connectivity index (χ1v) is 3.54. The minimum Gasteiger partial charge on any atom is -0.463 e. The molecule has 0 aliphatic carbocycles. The predicted octanol–water partition coefficient (Wildman–Crippen LogP) is 1.63. The van der Waals surface area contributed by atoms with Crippen LogP contribution in [0.15, 0.2) is 0 Å². The molecular weight excluding hydrogens is 191 g/mol. The third kappa shape index (κ3) is 4.39. The van der Waals surface area contributed by atoms with E-state index in [9.17, 15) is 9.18 Å². The van der Waals surface area contributed by atoms with Crippen molar-refractivity contribution in [1.29, 1.82) is 0 Å². The van der Waals surface area contributed by atoms with Gasteiger partial charge in [0.1, 0.15) is 0 Å². The fourth-order valence-corrected chi connectivity index (χ4v) is 0.398. The van der Waals surface area contributed by atoms with Gasteiger partial charge in [-0.2, -0.15) is 0 Å². The maximum Gasteiger partial charge on any atom is 0.351 e. The van der Waals surface area contributed by atoms with Gasteiger partial charge in [-0.25, -0.2) is 9.18 Å². The van der Waals surface area contributed by atoms with E-state index in [1.54, 1.807) is 0 Å². The van der Waals surface area contributed by atoms with Gasteiger partial charge in [-0.3, -0.25) is 0 Å². The molecule has 0 aliphatic heterocycles. The Morgan fingerprint density at radius 2 is 2.44 bits per heavy atom. The zero-order valence-corrected chi connectivity index (χ0v) is 6.65. The summed E-state index contributed by atoms with van der Waals surface area (Å²) in [5.41, 5.74) is 0. The molecule has 9 heavy (non-hydrogen) atoms. The van der Waals surface area contributed by atoms with Gasteiger partial charge >= 0.3 is 5.97 Å². The summed E-state index contributed by atoms with van der Waals surface area (Å²) in [5.74, 6) is -0.850. The summed E-state index contributed by atoms with van der Waals surface area (Å²) in [4.78, 5) is 10.3. The van der Waals surface area contributed by atoms with Crippen molar-refractivity contribution in [3.8, 4) is 0 Å². The third-order valence-corrected chi connectivity index (χ3v) is 1.00. The molecule has 0 amide bonds. The van der Waals surface area contributed by atoms with Gasteiger partial charge in [0, 0.05) is 0 Å². The molecule has 0 aromatic heterocycles. The summed E-state index contributed by atoms with van der Waals surface area (Å²) >= 11 is 2.43. The minimum atomic E-state index is -1.68. The normalized spacial score (nSPS) is 12.8. The number of hydrogen-bond donors (Lipinski definition) is 0. The topological polar surface area (TPSA) is 26.3 Å². The van der Waals surface area contributed by atoms with E-state index < -0.39 is 11.1 Å². The van der Waals surface area contributed by atoms with Crippen LogP contribution < -0.4 is 0 Å². The van der Waals surface area contributed by atoms with Gasteiger partial charge in [-0.1, -0.05) is 6.92 Å². The molecule has 0 radical (unpaired) electrons. The number of ether oxygens (including phenoxy) is 1. The fourth-order valence-electron chi connectivity index (χ4n) is 0.266. The molecule has 4 heteroatoms. The number of esters is 1. The smallest absolute Gasteiger partial charge is 0.351 e. The van der Waals surface area contributed by atoms with E-state index in [-0.39, 0.29) is 6.61 Å². The Labute approximate surface area is 61.5 Å². The number of halogens is 2. The first-order chi connectivity index (χ1) is 4.18. The quantitative estimate of drug-likeness (QED) is 0.510. The highest BCUT2D eigenvalue weighted by Gasteiger charge is 2.12. The highest BCUT2D eigenvalue weighted by molar-refractivity contribution is 9.09. The molecule has 0 unspecified atom stereocenters. The van der Waals surface area contributed by atoms with Crippen molar-refractivity contribution in [2.45, 2.75) is 18.4 Å². The maximum absolute atomic E-state index is 11.9. The fraction of sp³-hybridized carbons (Fsp3) is 0.800. The second-order valence-corrected chi connectivity index (χ2v) is 2.27. The molecule has 54 valence electrons. The van der Waals surface area contributed by atoms with Gasteiger partial charge in [0.05, 0.1) is 6.61 Å². The van der Waals surface area contributed by atoms with Crippen LogP contribution in [0.2, 0.25) is 0 Å². The van der Waals surface area contributed by atoms with E-state index in [1.165, 1.54) is 0 Å². The van der Waals surface area contributed by atoms with E-state index >= 15 is 0 Å². The lowest BCUT2D eigenvalue weighted by molar-refractivity contribution is -0.145. The lowest BCUT2D eigenvalue weighted by Gasteiger charge is -2.00. The number of alkyl halides is 2. The zero-order valence-electron chi connectivity index (χ0n) is 5.06. The molecule has 0 rings (SSSR count). The van der Waals surface area contributed by atoms with Crippen molar-refractivity contribution in [1.82, 2.24) is 0 Å². The average Bonchev–Trinajstić information content (AvgIpc) is 1.82. The van der Waals surface area contributed by atoms with Gasteiger partial charge < -0.3 is 4.74 Å². The van der Waals surface area contributed by atoms with Crippen molar-refractivity contribution in [3.05, 3.63) is 0 Å². The largest absolute Gasteiger partial charge is 0.463 e. The second-order valence-electron chi connectivity index (χ2n) is 1.47. The molecule has 0 aromatic rings. The van der Waals surface area contributed by atoms with Crippen LogP contribution in [0.25, 0.3) is 0 Å². The van der Waals surface area contributed by atoms with Crippen molar-refractivity contribution in [2.24, 2.45) is 0 Å². The van der Waals surface area contributed by atoms with Gasteiger partial charge in [-0.05, 0) is 22.4 Å². The van der Waals surface area contributed by atoms with E-state index in [0.29, 0.717) is 6.42 Å². The SMILES string of the molecule is CCCOC(=O)[C@H](F)Br. The van der Waals surface area contributed by atoms with Crippen molar-refractivity contribution >= 4 is 21.9 Å². The van der Waals surface area contributed by atoms with Gasteiger partial charge in [-0.15, -0.1) is 0 Å². The van der Waals surface area contributed by atoms with Crippen LogP contribution >= 0.6 is 15.9 Å². The van der Waals surface area contributed by atoms with Crippen LogP contribution in [0.4, 0.5) is 4.39 Å². The Hall–Kier alpha value is -0.120. The molecular formula is C5H8BrFO2. The first kappa shape index (κ1) is 8.88. The molecule has 0 fully saturated rings. The van der Waals surface area contributed by atoms with Gasteiger partial charge in [0.25, 0.3) is 5.08 Å². The van der Waals surface area contributed by atoms with Crippen molar-refractivity contribution in [3.63, 3.8) is 0 Å². The Balaban J connectivity index is 3.28. The van der Waals surface area contributed by atoms with Crippen LogP contribution in [0.3, 0.4) is 0 Å². The Morgan fingerprint density at radius 1 is 1.89 bits per heavy atom. The van der Waals surface area contributed by atoms with Crippen LogP contribution in [0.5, 0.6) is 0 Å². The van der Waals surface area contributed by atoms with Gasteiger partial charge in [0.15, 0.2) is 0 Å². The molecule has 0 aromatic carbocycles. The molecule has 2 nitrogen and oxygen atoms in total. The zero-order chi connectivity index (χ0) is 7.28. The number of carbonyl (C=O) groups excluding carboxylic acids is 1. The molecule has 0 saturated carbocycles. The summed E-state index contributed by atoms with van der Waals surface area (Å²) in [7, 11) is 0. The summed E-state index contributed by atoms with van der Waals surface area (Å²) in [6, 6.07) is 0. The molecule has 0 aliphatic rings. The second kappa shape index (κ2) is 4.73. The van der Waals surface area contributed by atoms with Crippen LogP contribution in [0.1, 0.15) is 13.3 Å². The monoisotopic (exact) mass is 198 g/mol. The summed E-state index contributed by atoms with van der Waals surface area (Å²) in [6.45, 7) is 2.12. The maximum atomic E-state index is 11.9. The molecule has 0 bridgehead atoms. The molecule has 1 atom stereocenters. The van der Waals surface area contributed by atoms with Crippen LogP contribution in [-0.4, -0.2) is 17.7 Å². The van der Waals surface area contributed by atoms with E-state index in [0.717, 1.165) is 0 Å². The average molecular weight is 199 g/mol. The molecule has 0 saturated heterocycles. The van der Waals surface area contributed by atoms with Crippen molar-refractivity contribution in [2.75, 3.05) is 6.61 Å². The van der Waals surface area contributed by atoms with E-state index in [4.69, 9.17) is 0 Å². The summed E-state index contributed by atoms with van der Waals surface area (Å²) < 4.78 is 16.3. The summed E-state index contributed by atoms with van der Waals surface area (Å²) in [6.07, 6.45) is 0.714. The third-order valence-electron chi connectivity index (χ3n) is 0.627. The minimum absolute atomic E-state index is 0.283. The predicted molar refractivity (Wildman–Crippen MR) is 35.1 cm³/mol. The number of rotatable bonds is 3. The standard InChI is InChI=1S/C5H8BrFO2/c1-2-3-9-5(8)4(6)7/h4H,2-3H2,1H3/t4-/m0/s1. The number of carbonyl (C=O) groups is 1. The molecule has 0 spiro atoms. The Bertz CT molecular complexity index is 95.0. The van der Waals surface area contributed by atoms with E-state index in [1.807, 2.05) is 6.92 Å². The summed E-state index contributed by atoms with van der Waals surface area (Å²) in [5, 5.41) is -1.68. The highest BCUT2D eigenvalue weighted by Crippen LogP contribution is 2.02. The van der Waals surface area contributed by atoms with Gasteiger partial charge in [0.2, 0.25) is 0 Å². The Morgan fingerprint density at radius 3 is 2.78 bits per heavy atom. The van der Waals surface area contributed by atoms with Crippen LogP contribution in [0, 0.1) is 0 Å². The van der Waals surface area contributed by atoms with E-state index in [2.05, 4.69) is 20.7 Å². The molecule has 0 heterocycles. The lowest BCUT2D eigenvalue weighted by Crippen LogP contribution is -2.12. The highest BCUT2D eigenvalue weighted by atomic mass is 79.9.